The first-order chi connectivity index (χ1) is 16.5. The number of imidazole rings is 1. The van der Waals surface area contributed by atoms with Crippen LogP contribution in [-0.4, -0.2) is 37.8 Å². The normalized spacial score (nSPS) is 16.2. The summed E-state index contributed by atoms with van der Waals surface area (Å²) in [6.07, 6.45) is 6.51. The summed E-state index contributed by atoms with van der Waals surface area (Å²) in [6, 6.07) is 18.1. The van der Waals surface area contributed by atoms with E-state index in [0.29, 0.717) is 36.5 Å². The smallest absolute Gasteiger partial charge is 0.279 e. The van der Waals surface area contributed by atoms with Gasteiger partial charge in [-0.2, -0.15) is 9.97 Å². The molecule has 1 aliphatic rings. The van der Waals surface area contributed by atoms with Gasteiger partial charge in [-0.15, -0.1) is 4.65 Å². The lowest BCUT2D eigenvalue weighted by Gasteiger charge is -2.30. The Labute approximate surface area is 198 Å². The Morgan fingerprint density at radius 1 is 0.971 bits per heavy atom. The molecule has 0 aliphatic carbocycles. The summed E-state index contributed by atoms with van der Waals surface area (Å²) in [6.45, 7) is 3.29. The quantitative estimate of drug-likeness (QED) is 0.371. The third kappa shape index (κ3) is 4.55. The lowest BCUT2D eigenvalue weighted by atomic mass is 10.1. The zero-order valence-electron chi connectivity index (χ0n) is 19.1. The van der Waals surface area contributed by atoms with Gasteiger partial charge in [0, 0.05) is 24.6 Å². The minimum Gasteiger partial charge on any atom is -0.348 e. The van der Waals surface area contributed by atoms with E-state index >= 15 is 0 Å². The predicted molar refractivity (Wildman–Crippen MR) is 130 cm³/mol. The van der Waals surface area contributed by atoms with Gasteiger partial charge in [-0.3, -0.25) is 4.57 Å². The van der Waals surface area contributed by atoms with E-state index in [2.05, 4.69) is 29.4 Å². The first kappa shape index (κ1) is 22.2. The highest BCUT2D eigenvalue weighted by Gasteiger charge is 2.35. The van der Waals surface area contributed by atoms with E-state index < -0.39 is 0 Å². The predicted octanol–water partition coefficient (Wildman–Crippen LogP) is 5.52. The molecule has 1 fully saturated rings. The zero-order chi connectivity index (χ0) is 23.5. The summed E-state index contributed by atoms with van der Waals surface area (Å²) < 4.78 is 15.2. The van der Waals surface area contributed by atoms with Crippen LogP contribution in [0.5, 0.6) is 0 Å². The van der Waals surface area contributed by atoms with Crippen molar-refractivity contribution in [3.63, 3.8) is 0 Å². The molecule has 2 aromatic carbocycles. The largest absolute Gasteiger partial charge is 0.348 e. The molecule has 4 aromatic rings. The van der Waals surface area contributed by atoms with Gasteiger partial charge in [-0.25, -0.2) is 14.6 Å². The SMILES string of the molecule is C[C@H](Nc1nccc(-n2cc([N+]3(O)CCCCC3)nc2-c2ccc(F)cc2)n1)c1ccccc1. The Morgan fingerprint density at radius 3 is 2.44 bits per heavy atom. The van der Waals surface area contributed by atoms with Crippen LogP contribution in [0, 0.1) is 5.82 Å². The summed E-state index contributed by atoms with van der Waals surface area (Å²) >= 11 is 0. The summed E-state index contributed by atoms with van der Waals surface area (Å²) in [5, 5.41) is 14.6. The Hall–Kier alpha value is -3.62. The summed E-state index contributed by atoms with van der Waals surface area (Å²) in [5.41, 5.74) is 1.87. The van der Waals surface area contributed by atoms with Gasteiger partial charge in [0.1, 0.15) is 24.7 Å². The average Bonchev–Trinajstić information content (AvgIpc) is 3.32. The number of quaternary nitrogens is 1. The molecule has 0 saturated carbocycles. The molecule has 5 rings (SSSR count). The van der Waals surface area contributed by atoms with Gasteiger partial charge < -0.3 is 5.32 Å². The third-order valence-corrected chi connectivity index (χ3v) is 6.31. The highest BCUT2D eigenvalue weighted by atomic mass is 19.1. The van der Waals surface area contributed by atoms with Crippen LogP contribution in [0.2, 0.25) is 0 Å². The van der Waals surface area contributed by atoms with Crippen LogP contribution in [0.15, 0.2) is 73.1 Å². The molecule has 34 heavy (non-hydrogen) atoms. The fourth-order valence-electron chi connectivity index (χ4n) is 4.38. The molecule has 0 spiro atoms. The standard InChI is InChI=1S/C26H28FN6O/c1-19(20-8-4-2-5-9-20)29-26-28-15-14-23(30-26)32-18-24(33(34)16-6-3-7-17-33)31-25(32)21-10-12-22(27)13-11-21/h2,4-5,8-15,18-19,34H,3,6-7,16-17H2,1H3,(H,28,29,30)/q+1/t19-/m0/s1. The van der Waals surface area contributed by atoms with Crippen LogP contribution in [0.25, 0.3) is 17.2 Å². The molecule has 1 aliphatic heterocycles. The van der Waals surface area contributed by atoms with Gasteiger partial charge in [0.05, 0.1) is 12.2 Å². The van der Waals surface area contributed by atoms with E-state index in [-0.39, 0.29) is 16.5 Å². The maximum Gasteiger partial charge on any atom is 0.279 e. The number of hydrogen-bond acceptors (Lipinski definition) is 5. The van der Waals surface area contributed by atoms with Crippen molar-refractivity contribution in [2.24, 2.45) is 0 Å². The molecule has 1 saturated heterocycles. The molecule has 0 bridgehead atoms. The van der Waals surface area contributed by atoms with Crippen molar-refractivity contribution in [1.82, 2.24) is 24.2 Å². The molecule has 0 radical (unpaired) electrons. The van der Waals surface area contributed by atoms with Gasteiger partial charge in [0.25, 0.3) is 5.82 Å². The average molecular weight is 460 g/mol. The van der Waals surface area contributed by atoms with Gasteiger partial charge in [0.15, 0.2) is 5.82 Å². The van der Waals surface area contributed by atoms with Gasteiger partial charge >= 0.3 is 0 Å². The number of piperidine rings is 1. The van der Waals surface area contributed by atoms with E-state index in [1.54, 1.807) is 24.4 Å². The molecule has 7 nitrogen and oxygen atoms in total. The fourth-order valence-corrected chi connectivity index (χ4v) is 4.38. The Bertz CT molecular complexity index is 1250. The lowest BCUT2D eigenvalue weighted by Crippen LogP contribution is -2.50. The van der Waals surface area contributed by atoms with E-state index in [4.69, 9.17) is 9.97 Å². The number of anilines is 1. The van der Waals surface area contributed by atoms with Crippen molar-refractivity contribution in [3.8, 4) is 17.2 Å². The first-order valence-corrected chi connectivity index (χ1v) is 11.6. The second kappa shape index (κ2) is 9.32. The molecule has 1 atom stereocenters. The van der Waals surface area contributed by atoms with Crippen molar-refractivity contribution < 1.29 is 9.60 Å². The van der Waals surface area contributed by atoms with Gasteiger partial charge in [-0.05, 0) is 49.2 Å². The molecule has 2 N–H and O–H groups in total. The number of nitrogens with one attached hydrogen (secondary N) is 1. The maximum absolute atomic E-state index is 13.6. The van der Waals surface area contributed by atoms with Crippen LogP contribution in [0.4, 0.5) is 16.2 Å². The molecular formula is C26H28FN6O+. The number of rotatable bonds is 6. The number of benzene rings is 2. The van der Waals surface area contributed by atoms with Crippen molar-refractivity contribution in [2.75, 3.05) is 18.4 Å². The summed E-state index contributed by atoms with van der Waals surface area (Å²) in [5.74, 6) is 1.93. The monoisotopic (exact) mass is 459 g/mol. The number of hydrogen-bond donors (Lipinski definition) is 2. The molecule has 3 heterocycles. The van der Waals surface area contributed by atoms with E-state index in [1.807, 2.05) is 29.0 Å². The Kier molecular flexibility index (Phi) is 6.08. The number of halogens is 1. The molecule has 174 valence electrons. The molecule has 0 amide bonds. The molecule has 8 heteroatoms. The summed E-state index contributed by atoms with van der Waals surface area (Å²) in [4.78, 5) is 13.9. The first-order valence-electron chi connectivity index (χ1n) is 11.6. The maximum atomic E-state index is 13.6. The van der Waals surface area contributed by atoms with Crippen molar-refractivity contribution in [1.29, 1.82) is 0 Å². The van der Waals surface area contributed by atoms with E-state index in [0.717, 1.165) is 30.4 Å². The van der Waals surface area contributed by atoms with Crippen molar-refractivity contribution in [3.05, 3.63) is 84.4 Å². The Balaban J connectivity index is 1.53. The third-order valence-electron chi connectivity index (χ3n) is 6.31. The summed E-state index contributed by atoms with van der Waals surface area (Å²) in [7, 11) is 0. The minimum atomic E-state index is -0.313. The zero-order valence-corrected chi connectivity index (χ0v) is 19.1. The van der Waals surface area contributed by atoms with Crippen LogP contribution < -0.4 is 9.96 Å². The second-order valence-electron chi connectivity index (χ2n) is 8.75. The van der Waals surface area contributed by atoms with Crippen LogP contribution in [-0.2, 0) is 0 Å². The lowest BCUT2D eigenvalue weighted by molar-refractivity contribution is -0.0950. The number of nitrogens with zero attached hydrogens (tertiary/aromatic N) is 5. The van der Waals surface area contributed by atoms with E-state index in [1.165, 1.54) is 12.1 Å². The van der Waals surface area contributed by atoms with Gasteiger partial charge in [-0.1, -0.05) is 30.3 Å². The highest BCUT2D eigenvalue weighted by Crippen LogP contribution is 2.31. The van der Waals surface area contributed by atoms with Crippen molar-refractivity contribution in [2.45, 2.75) is 32.2 Å². The van der Waals surface area contributed by atoms with Gasteiger partial charge in [0.2, 0.25) is 5.95 Å². The molecule has 2 aromatic heterocycles. The number of hydroxylamine groups is 2. The van der Waals surface area contributed by atoms with Crippen molar-refractivity contribution >= 4 is 11.8 Å². The van der Waals surface area contributed by atoms with E-state index in [9.17, 15) is 9.60 Å². The minimum absolute atomic E-state index is 0.0194. The van der Waals surface area contributed by atoms with Crippen LogP contribution in [0.1, 0.15) is 37.8 Å². The molecule has 0 unspecified atom stereocenters. The molecular weight excluding hydrogens is 431 g/mol. The highest BCUT2D eigenvalue weighted by molar-refractivity contribution is 5.61. The van der Waals surface area contributed by atoms with Crippen LogP contribution >= 0.6 is 0 Å². The Morgan fingerprint density at radius 2 is 1.71 bits per heavy atom. The fraction of sp³-hybridized carbons (Fsp3) is 0.269. The number of aromatic nitrogens is 4. The second-order valence-corrected chi connectivity index (χ2v) is 8.75. The van der Waals surface area contributed by atoms with Crippen LogP contribution in [0.3, 0.4) is 0 Å². The topological polar surface area (TPSA) is 75.9 Å².